The first-order valence-electron chi connectivity index (χ1n) is 6.81. The number of aryl methyl sites for hydroxylation is 2. The van der Waals surface area contributed by atoms with Crippen molar-refractivity contribution < 1.29 is 9.53 Å². The van der Waals surface area contributed by atoms with E-state index in [0.29, 0.717) is 13.0 Å². The number of ether oxygens (including phenoxy) is 1. The maximum atomic E-state index is 11.4. The molecule has 1 rings (SSSR count). The summed E-state index contributed by atoms with van der Waals surface area (Å²) in [5.74, 6) is 6.24. The van der Waals surface area contributed by atoms with Gasteiger partial charge in [-0.25, -0.2) is 4.79 Å². The van der Waals surface area contributed by atoms with Crippen molar-refractivity contribution in [2.75, 3.05) is 6.54 Å². The van der Waals surface area contributed by atoms with Crippen LogP contribution in [0.2, 0.25) is 0 Å². The highest BCUT2D eigenvalue weighted by Crippen LogP contribution is 2.11. The van der Waals surface area contributed by atoms with Crippen LogP contribution in [0.25, 0.3) is 0 Å². The number of nitrogens with one attached hydrogen (secondary N) is 1. The topological polar surface area (TPSA) is 38.3 Å². The predicted molar refractivity (Wildman–Crippen MR) is 81.6 cm³/mol. The molecular formula is C17H23NO2. The van der Waals surface area contributed by atoms with Gasteiger partial charge in [-0.2, -0.15) is 0 Å². The number of benzene rings is 1. The number of carbonyl (C=O) groups excluding carboxylic acids is 1. The summed E-state index contributed by atoms with van der Waals surface area (Å²) < 4.78 is 5.14. The number of rotatable bonds is 2. The molecule has 0 heterocycles. The van der Waals surface area contributed by atoms with Gasteiger partial charge in [0.15, 0.2) is 0 Å². The average Bonchev–Trinajstić information content (AvgIpc) is 2.29. The molecule has 0 aliphatic rings. The van der Waals surface area contributed by atoms with Crippen LogP contribution in [0.3, 0.4) is 0 Å². The van der Waals surface area contributed by atoms with E-state index < -0.39 is 11.7 Å². The molecule has 1 N–H and O–H groups in total. The summed E-state index contributed by atoms with van der Waals surface area (Å²) in [7, 11) is 0. The standard InChI is InChI=1S/C17H23NO2/c1-13-9-8-10-14(2)15(13)11-6-7-12-18-16(19)20-17(3,4)5/h8-10H,7,12H2,1-5H3,(H,18,19). The highest BCUT2D eigenvalue weighted by atomic mass is 16.6. The number of hydrogen-bond donors (Lipinski definition) is 1. The van der Waals surface area contributed by atoms with Gasteiger partial charge < -0.3 is 10.1 Å². The molecular weight excluding hydrogens is 250 g/mol. The molecule has 1 amide bonds. The molecule has 0 atom stereocenters. The van der Waals surface area contributed by atoms with Crippen molar-refractivity contribution in [2.45, 2.75) is 46.6 Å². The third-order valence-electron chi connectivity index (χ3n) is 2.61. The molecule has 20 heavy (non-hydrogen) atoms. The Morgan fingerprint density at radius 2 is 1.85 bits per heavy atom. The fourth-order valence-corrected chi connectivity index (χ4v) is 1.70. The lowest BCUT2D eigenvalue weighted by atomic mass is 10.0. The summed E-state index contributed by atoms with van der Waals surface area (Å²) in [5, 5.41) is 2.69. The smallest absolute Gasteiger partial charge is 0.407 e. The number of amides is 1. The molecule has 0 fully saturated rings. The Hall–Kier alpha value is -1.95. The summed E-state index contributed by atoms with van der Waals surface area (Å²) in [6.45, 7) is 10.1. The van der Waals surface area contributed by atoms with Gasteiger partial charge in [0.25, 0.3) is 0 Å². The van der Waals surface area contributed by atoms with E-state index in [2.05, 4.69) is 43.1 Å². The number of carbonyl (C=O) groups is 1. The highest BCUT2D eigenvalue weighted by Gasteiger charge is 2.15. The van der Waals surface area contributed by atoms with E-state index in [0.717, 1.165) is 5.56 Å². The third kappa shape index (κ3) is 5.79. The molecule has 3 heteroatoms. The van der Waals surface area contributed by atoms with Crippen LogP contribution in [0, 0.1) is 25.7 Å². The molecule has 0 unspecified atom stereocenters. The average molecular weight is 273 g/mol. The second-order valence-corrected chi connectivity index (χ2v) is 5.75. The van der Waals surface area contributed by atoms with E-state index >= 15 is 0 Å². The van der Waals surface area contributed by atoms with Gasteiger partial charge >= 0.3 is 6.09 Å². The highest BCUT2D eigenvalue weighted by molar-refractivity contribution is 5.67. The lowest BCUT2D eigenvalue weighted by molar-refractivity contribution is 0.0529. The van der Waals surface area contributed by atoms with Gasteiger partial charge in [0.1, 0.15) is 5.60 Å². The minimum atomic E-state index is -0.464. The Labute approximate surface area is 121 Å². The molecule has 0 aliphatic heterocycles. The van der Waals surface area contributed by atoms with Crippen molar-refractivity contribution >= 4 is 6.09 Å². The maximum Gasteiger partial charge on any atom is 0.407 e. The summed E-state index contributed by atoms with van der Waals surface area (Å²) in [6, 6.07) is 6.13. The van der Waals surface area contributed by atoms with E-state index in [9.17, 15) is 4.79 Å². The van der Waals surface area contributed by atoms with Gasteiger partial charge in [-0.3, -0.25) is 0 Å². The minimum Gasteiger partial charge on any atom is -0.444 e. The largest absolute Gasteiger partial charge is 0.444 e. The third-order valence-corrected chi connectivity index (χ3v) is 2.61. The van der Waals surface area contributed by atoms with Crippen LogP contribution in [0.5, 0.6) is 0 Å². The van der Waals surface area contributed by atoms with Gasteiger partial charge in [-0.05, 0) is 45.7 Å². The van der Waals surface area contributed by atoms with E-state index in [1.165, 1.54) is 11.1 Å². The number of hydrogen-bond acceptors (Lipinski definition) is 2. The van der Waals surface area contributed by atoms with Crippen molar-refractivity contribution in [2.24, 2.45) is 0 Å². The quantitative estimate of drug-likeness (QED) is 0.661. The van der Waals surface area contributed by atoms with Crippen molar-refractivity contribution in [1.29, 1.82) is 0 Å². The van der Waals surface area contributed by atoms with Crippen LogP contribution >= 0.6 is 0 Å². The first-order valence-corrected chi connectivity index (χ1v) is 6.81. The van der Waals surface area contributed by atoms with Crippen molar-refractivity contribution in [3.8, 4) is 11.8 Å². The maximum absolute atomic E-state index is 11.4. The van der Waals surface area contributed by atoms with E-state index in [4.69, 9.17) is 4.74 Å². The van der Waals surface area contributed by atoms with E-state index in [-0.39, 0.29) is 0 Å². The van der Waals surface area contributed by atoms with Crippen LogP contribution < -0.4 is 5.32 Å². The summed E-state index contributed by atoms with van der Waals surface area (Å²) in [4.78, 5) is 11.4. The second kappa shape index (κ2) is 7.00. The molecule has 1 aromatic rings. The summed E-state index contributed by atoms with van der Waals surface area (Å²) in [5.41, 5.74) is 2.97. The molecule has 0 radical (unpaired) electrons. The van der Waals surface area contributed by atoms with Crippen molar-refractivity contribution in [3.63, 3.8) is 0 Å². The molecule has 108 valence electrons. The molecule has 0 bridgehead atoms. The van der Waals surface area contributed by atoms with Crippen LogP contribution in [-0.2, 0) is 4.74 Å². The Kier molecular flexibility index (Phi) is 5.64. The Morgan fingerprint density at radius 3 is 2.40 bits per heavy atom. The van der Waals surface area contributed by atoms with Crippen LogP contribution in [0.15, 0.2) is 18.2 Å². The zero-order valence-corrected chi connectivity index (χ0v) is 13.0. The molecule has 0 saturated heterocycles. The Morgan fingerprint density at radius 1 is 1.25 bits per heavy atom. The van der Waals surface area contributed by atoms with Crippen molar-refractivity contribution in [1.82, 2.24) is 5.32 Å². The zero-order chi connectivity index (χ0) is 15.2. The SMILES string of the molecule is Cc1cccc(C)c1C#CCCNC(=O)OC(C)(C)C. The van der Waals surface area contributed by atoms with Crippen LogP contribution in [-0.4, -0.2) is 18.2 Å². The normalized spacial score (nSPS) is 10.4. The van der Waals surface area contributed by atoms with Gasteiger partial charge in [-0.15, -0.1) is 0 Å². The fourth-order valence-electron chi connectivity index (χ4n) is 1.70. The second-order valence-electron chi connectivity index (χ2n) is 5.75. The van der Waals surface area contributed by atoms with Crippen LogP contribution in [0.1, 0.15) is 43.9 Å². The van der Waals surface area contributed by atoms with E-state index in [1.807, 2.05) is 26.8 Å². The Bertz CT molecular complexity index is 510. The zero-order valence-electron chi connectivity index (χ0n) is 13.0. The molecule has 0 aliphatic carbocycles. The van der Waals surface area contributed by atoms with Gasteiger partial charge in [0.2, 0.25) is 0 Å². The monoisotopic (exact) mass is 273 g/mol. The molecule has 0 spiro atoms. The molecule has 0 saturated carbocycles. The lowest BCUT2D eigenvalue weighted by Crippen LogP contribution is -2.32. The molecule has 3 nitrogen and oxygen atoms in total. The predicted octanol–water partition coefficient (Wildman–Crippen LogP) is 3.57. The number of alkyl carbamates (subject to hydrolysis) is 1. The van der Waals surface area contributed by atoms with Gasteiger partial charge in [0.05, 0.1) is 0 Å². The molecule has 0 aromatic heterocycles. The summed E-state index contributed by atoms with van der Waals surface area (Å²) in [6.07, 6.45) is 0.207. The summed E-state index contributed by atoms with van der Waals surface area (Å²) >= 11 is 0. The Balaban J connectivity index is 2.43. The van der Waals surface area contributed by atoms with Gasteiger partial charge in [-0.1, -0.05) is 30.0 Å². The minimum absolute atomic E-state index is 0.397. The first kappa shape index (κ1) is 16.1. The lowest BCUT2D eigenvalue weighted by Gasteiger charge is -2.19. The van der Waals surface area contributed by atoms with Gasteiger partial charge in [0, 0.05) is 18.5 Å². The van der Waals surface area contributed by atoms with Crippen molar-refractivity contribution in [3.05, 3.63) is 34.9 Å². The van der Waals surface area contributed by atoms with Crippen LogP contribution in [0.4, 0.5) is 4.79 Å². The fraction of sp³-hybridized carbons (Fsp3) is 0.471. The van der Waals surface area contributed by atoms with E-state index in [1.54, 1.807) is 0 Å². The molecule has 1 aromatic carbocycles. The first-order chi connectivity index (χ1) is 9.29.